The van der Waals surface area contributed by atoms with Gasteiger partial charge in [0.2, 0.25) is 6.29 Å². The van der Waals surface area contributed by atoms with Crippen LogP contribution in [0.5, 0.6) is 0 Å². The molecule has 1 aliphatic heterocycles. The summed E-state index contributed by atoms with van der Waals surface area (Å²) in [7, 11) is -1.83. The van der Waals surface area contributed by atoms with Crippen LogP contribution in [-0.2, 0) is 9.16 Å². The molecule has 1 unspecified atom stereocenters. The molecule has 1 aliphatic rings. The van der Waals surface area contributed by atoms with E-state index >= 15 is 0 Å². The molecule has 0 spiro atoms. The van der Waals surface area contributed by atoms with E-state index in [9.17, 15) is 0 Å². The van der Waals surface area contributed by atoms with Crippen LogP contribution >= 0.6 is 0 Å². The SMILES string of the molecule is C/C=C1/OC(O[Si](C)(C)C(C)(C)C)c2ccccc21. The molecule has 3 heteroatoms. The Labute approximate surface area is 117 Å². The molecule has 0 amide bonds. The fraction of sp³-hybridized carbons (Fsp3) is 0.500. The lowest BCUT2D eigenvalue weighted by atomic mass is 10.1. The summed E-state index contributed by atoms with van der Waals surface area (Å²) in [5.41, 5.74) is 2.31. The third kappa shape index (κ3) is 2.63. The molecule has 0 N–H and O–H groups in total. The maximum absolute atomic E-state index is 6.40. The lowest BCUT2D eigenvalue weighted by molar-refractivity contribution is -0.0180. The number of rotatable bonds is 2. The molecule has 2 rings (SSSR count). The highest BCUT2D eigenvalue weighted by molar-refractivity contribution is 6.74. The zero-order chi connectivity index (χ0) is 14.3. The van der Waals surface area contributed by atoms with E-state index in [1.165, 1.54) is 0 Å². The molecule has 19 heavy (non-hydrogen) atoms. The fourth-order valence-corrected chi connectivity index (χ4v) is 2.99. The average Bonchev–Trinajstić information content (AvgIpc) is 2.66. The molecular weight excluding hydrogens is 252 g/mol. The van der Waals surface area contributed by atoms with Crippen LogP contribution in [0.25, 0.3) is 5.76 Å². The Bertz CT molecular complexity index is 498. The van der Waals surface area contributed by atoms with Gasteiger partial charge in [-0.2, -0.15) is 0 Å². The van der Waals surface area contributed by atoms with Crippen LogP contribution in [0.4, 0.5) is 0 Å². The van der Waals surface area contributed by atoms with E-state index in [0.29, 0.717) is 0 Å². The second-order valence-electron chi connectivity index (χ2n) is 6.57. The first kappa shape index (κ1) is 14.3. The summed E-state index contributed by atoms with van der Waals surface area (Å²) in [6.07, 6.45) is 1.76. The van der Waals surface area contributed by atoms with Gasteiger partial charge < -0.3 is 9.16 Å². The molecule has 0 bridgehead atoms. The first-order valence-electron chi connectivity index (χ1n) is 6.86. The minimum Gasteiger partial charge on any atom is -0.461 e. The van der Waals surface area contributed by atoms with Crippen LogP contribution in [0.15, 0.2) is 30.3 Å². The van der Waals surface area contributed by atoms with E-state index < -0.39 is 8.32 Å². The lowest BCUT2D eigenvalue weighted by Crippen LogP contribution is -2.41. The zero-order valence-corrected chi connectivity index (χ0v) is 13.8. The molecule has 0 aliphatic carbocycles. The summed E-state index contributed by atoms with van der Waals surface area (Å²) >= 11 is 0. The highest BCUT2D eigenvalue weighted by Gasteiger charge is 2.42. The van der Waals surface area contributed by atoms with Crippen LogP contribution < -0.4 is 0 Å². The van der Waals surface area contributed by atoms with Crippen molar-refractivity contribution in [2.75, 3.05) is 0 Å². The summed E-state index contributed by atoms with van der Waals surface area (Å²) < 4.78 is 12.4. The highest BCUT2D eigenvalue weighted by Crippen LogP contribution is 2.45. The molecule has 0 fully saturated rings. The first-order chi connectivity index (χ1) is 8.76. The van der Waals surface area contributed by atoms with Gasteiger partial charge in [-0.3, -0.25) is 0 Å². The van der Waals surface area contributed by atoms with Gasteiger partial charge in [0.05, 0.1) is 0 Å². The van der Waals surface area contributed by atoms with Gasteiger partial charge in [-0.15, -0.1) is 0 Å². The van der Waals surface area contributed by atoms with Gasteiger partial charge in [0, 0.05) is 11.1 Å². The Hall–Kier alpha value is -1.06. The topological polar surface area (TPSA) is 18.5 Å². The standard InChI is InChI=1S/C16H24O2Si/c1-7-14-12-10-8-9-11-13(12)15(17-14)18-19(5,6)16(2,3)4/h7-11,15H,1-6H3/b14-7+. The van der Waals surface area contributed by atoms with Crippen molar-refractivity contribution in [1.82, 2.24) is 0 Å². The number of hydrogen-bond acceptors (Lipinski definition) is 2. The quantitative estimate of drug-likeness (QED) is 0.700. The summed E-state index contributed by atoms with van der Waals surface area (Å²) in [6.45, 7) is 13.3. The normalized spacial score (nSPS) is 21.4. The summed E-state index contributed by atoms with van der Waals surface area (Å²) in [5, 5.41) is 0.185. The van der Waals surface area contributed by atoms with Crippen molar-refractivity contribution in [2.45, 2.75) is 52.1 Å². The van der Waals surface area contributed by atoms with E-state index in [1.54, 1.807) is 0 Å². The number of hydrogen-bond donors (Lipinski definition) is 0. The molecule has 0 saturated heterocycles. The molecular formula is C16H24O2Si. The van der Waals surface area contributed by atoms with E-state index in [-0.39, 0.29) is 11.3 Å². The van der Waals surface area contributed by atoms with E-state index in [1.807, 2.05) is 25.1 Å². The Kier molecular flexibility index (Phi) is 3.62. The van der Waals surface area contributed by atoms with Gasteiger partial charge in [-0.25, -0.2) is 0 Å². The van der Waals surface area contributed by atoms with Gasteiger partial charge in [0.25, 0.3) is 0 Å². The molecule has 1 aromatic carbocycles. The molecule has 0 radical (unpaired) electrons. The first-order valence-corrected chi connectivity index (χ1v) is 9.77. The Morgan fingerprint density at radius 3 is 2.42 bits per heavy atom. The Morgan fingerprint density at radius 1 is 1.21 bits per heavy atom. The predicted molar refractivity (Wildman–Crippen MR) is 82.2 cm³/mol. The smallest absolute Gasteiger partial charge is 0.218 e. The largest absolute Gasteiger partial charge is 0.461 e. The van der Waals surface area contributed by atoms with Crippen molar-refractivity contribution in [3.63, 3.8) is 0 Å². The molecule has 1 atom stereocenters. The third-order valence-corrected chi connectivity index (χ3v) is 8.60. The van der Waals surface area contributed by atoms with Crippen molar-refractivity contribution in [3.05, 3.63) is 41.5 Å². The number of fused-ring (bicyclic) bond motifs is 1. The van der Waals surface area contributed by atoms with Crippen LogP contribution in [0.3, 0.4) is 0 Å². The van der Waals surface area contributed by atoms with Gasteiger partial charge in [0.15, 0.2) is 8.32 Å². The summed E-state index contributed by atoms with van der Waals surface area (Å²) in [5.74, 6) is 0.930. The Balaban J connectivity index is 2.30. The average molecular weight is 276 g/mol. The second kappa shape index (κ2) is 4.80. The highest BCUT2D eigenvalue weighted by atomic mass is 28.4. The summed E-state index contributed by atoms with van der Waals surface area (Å²) in [6, 6.07) is 8.28. The van der Waals surface area contributed by atoms with E-state index in [4.69, 9.17) is 9.16 Å². The number of allylic oxidation sites excluding steroid dienone is 1. The monoisotopic (exact) mass is 276 g/mol. The molecule has 0 saturated carbocycles. The maximum Gasteiger partial charge on any atom is 0.218 e. The third-order valence-electron chi connectivity index (χ3n) is 4.18. The summed E-state index contributed by atoms with van der Waals surface area (Å²) in [4.78, 5) is 0. The van der Waals surface area contributed by atoms with Crippen LogP contribution in [0, 0.1) is 0 Å². The van der Waals surface area contributed by atoms with Gasteiger partial charge in [-0.1, -0.05) is 45.0 Å². The van der Waals surface area contributed by atoms with Crippen molar-refractivity contribution in [2.24, 2.45) is 0 Å². The molecule has 1 heterocycles. The maximum atomic E-state index is 6.40. The number of benzene rings is 1. The van der Waals surface area contributed by atoms with Crippen molar-refractivity contribution in [3.8, 4) is 0 Å². The fourth-order valence-electron chi connectivity index (χ4n) is 1.92. The molecule has 2 nitrogen and oxygen atoms in total. The molecule has 104 valence electrons. The second-order valence-corrected chi connectivity index (χ2v) is 11.3. The van der Waals surface area contributed by atoms with Crippen molar-refractivity contribution in [1.29, 1.82) is 0 Å². The van der Waals surface area contributed by atoms with Crippen molar-refractivity contribution >= 4 is 14.1 Å². The molecule has 0 aromatic heterocycles. The van der Waals surface area contributed by atoms with Crippen LogP contribution in [0.1, 0.15) is 45.1 Å². The zero-order valence-electron chi connectivity index (χ0n) is 12.8. The van der Waals surface area contributed by atoms with Crippen LogP contribution in [-0.4, -0.2) is 8.32 Å². The van der Waals surface area contributed by atoms with E-state index in [2.05, 4.69) is 46.0 Å². The predicted octanol–water partition coefficient (Wildman–Crippen LogP) is 5.10. The lowest BCUT2D eigenvalue weighted by Gasteiger charge is -2.37. The Morgan fingerprint density at radius 2 is 1.84 bits per heavy atom. The van der Waals surface area contributed by atoms with Gasteiger partial charge in [0.1, 0.15) is 5.76 Å². The van der Waals surface area contributed by atoms with E-state index in [0.717, 1.165) is 16.9 Å². The number of ether oxygens (including phenoxy) is 1. The molecule has 1 aromatic rings. The van der Waals surface area contributed by atoms with Crippen LogP contribution in [0.2, 0.25) is 18.1 Å². The minimum atomic E-state index is -1.83. The van der Waals surface area contributed by atoms with Gasteiger partial charge >= 0.3 is 0 Å². The van der Waals surface area contributed by atoms with Crippen molar-refractivity contribution < 1.29 is 9.16 Å². The van der Waals surface area contributed by atoms with Gasteiger partial charge in [-0.05, 0) is 31.1 Å². The minimum absolute atomic E-state index is 0.185.